The van der Waals surface area contributed by atoms with Crippen LogP contribution in [0.25, 0.3) is 0 Å². The van der Waals surface area contributed by atoms with E-state index in [1.807, 2.05) is 0 Å². The second kappa shape index (κ2) is 5.12. The van der Waals surface area contributed by atoms with E-state index in [1.54, 1.807) is 24.3 Å². The Hall–Kier alpha value is -2.83. The predicted octanol–water partition coefficient (Wildman–Crippen LogP) is 1.39. The molecule has 1 atom stereocenters. The number of hydrogen-bond donors (Lipinski definition) is 1. The lowest BCUT2D eigenvalue weighted by Gasteiger charge is -2.25. The van der Waals surface area contributed by atoms with Gasteiger partial charge in [-0.1, -0.05) is 12.1 Å². The van der Waals surface area contributed by atoms with Gasteiger partial charge in [-0.05, 0) is 19.1 Å². The molecule has 1 aromatic carbocycles. The molecule has 0 aliphatic carbocycles. The number of aliphatic hydroxyl groups is 1. The second-order valence-electron chi connectivity index (χ2n) is 5.47. The number of aliphatic hydroxyl groups excluding tert-OH is 1. The van der Waals surface area contributed by atoms with Crippen molar-refractivity contribution in [2.75, 3.05) is 7.11 Å². The van der Waals surface area contributed by atoms with E-state index in [9.17, 15) is 19.5 Å². The zero-order chi connectivity index (χ0) is 16.8. The smallest absolute Gasteiger partial charge is 0.252 e. The molecule has 1 unspecified atom stereocenters. The summed E-state index contributed by atoms with van der Waals surface area (Å²) in [5.41, 5.74) is -1.08. The first-order chi connectivity index (χ1) is 10.9. The molecule has 0 spiro atoms. The minimum absolute atomic E-state index is 0.0308. The summed E-state index contributed by atoms with van der Waals surface area (Å²) in [6.45, 7) is 1.47. The fraction of sp³-hybridized carbons (Fsp3) is 0.312. The number of carbonyl (C=O) groups is 3. The van der Waals surface area contributed by atoms with Crippen molar-refractivity contribution in [2.24, 2.45) is 0 Å². The average molecular weight is 317 g/mol. The maximum atomic E-state index is 12.5. The Labute approximate surface area is 132 Å². The fourth-order valence-electron chi connectivity index (χ4n) is 2.68. The lowest BCUT2D eigenvalue weighted by molar-refractivity contribution is -0.144. The SMILES string of the molecule is COc1cccc(C2(C)OC(N3C(=O)CCC3=O)=C(O)C2=O)c1. The van der Waals surface area contributed by atoms with Gasteiger partial charge in [-0.25, -0.2) is 4.90 Å². The highest BCUT2D eigenvalue weighted by Crippen LogP contribution is 2.41. The Morgan fingerprint density at radius 3 is 2.48 bits per heavy atom. The number of nitrogens with zero attached hydrogens (tertiary/aromatic N) is 1. The summed E-state index contributed by atoms with van der Waals surface area (Å²) in [5.74, 6) is -2.32. The van der Waals surface area contributed by atoms with Crippen LogP contribution in [0, 0.1) is 0 Å². The van der Waals surface area contributed by atoms with Gasteiger partial charge in [0.05, 0.1) is 7.11 Å². The number of hydrogen-bond acceptors (Lipinski definition) is 6. The van der Waals surface area contributed by atoms with Crippen LogP contribution in [-0.2, 0) is 24.7 Å². The molecule has 1 aromatic rings. The van der Waals surface area contributed by atoms with Gasteiger partial charge in [0.2, 0.25) is 17.6 Å². The Morgan fingerprint density at radius 2 is 1.87 bits per heavy atom. The molecule has 7 heteroatoms. The second-order valence-corrected chi connectivity index (χ2v) is 5.47. The largest absolute Gasteiger partial charge is 0.501 e. The molecule has 2 heterocycles. The Kier molecular flexibility index (Phi) is 3.35. The van der Waals surface area contributed by atoms with E-state index < -0.39 is 34.8 Å². The number of ketones is 1. The fourth-order valence-corrected chi connectivity index (χ4v) is 2.68. The summed E-state index contributed by atoms with van der Waals surface area (Å²) in [4.78, 5) is 36.9. The molecule has 1 saturated heterocycles. The quantitative estimate of drug-likeness (QED) is 0.847. The van der Waals surface area contributed by atoms with Crippen LogP contribution in [0.5, 0.6) is 5.75 Å². The molecule has 1 fully saturated rings. The van der Waals surface area contributed by atoms with Crippen molar-refractivity contribution in [1.82, 2.24) is 4.90 Å². The van der Waals surface area contributed by atoms with Crippen LogP contribution in [0.2, 0.25) is 0 Å². The first kappa shape index (κ1) is 15.1. The molecule has 2 amide bonds. The van der Waals surface area contributed by atoms with E-state index in [4.69, 9.17) is 9.47 Å². The highest BCUT2D eigenvalue weighted by Gasteiger charge is 2.52. The van der Waals surface area contributed by atoms with Crippen LogP contribution in [0.4, 0.5) is 0 Å². The molecule has 2 aliphatic heterocycles. The summed E-state index contributed by atoms with van der Waals surface area (Å²) in [5, 5.41) is 10.1. The number of amides is 2. The third kappa shape index (κ3) is 2.16. The van der Waals surface area contributed by atoms with E-state index in [0.717, 1.165) is 4.90 Å². The van der Waals surface area contributed by atoms with Gasteiger partial charge in [-0.3, -0.25) is 14.4 Å². The Morgan fingerprint density at radius 1 is 1.22 bits per heavy atom. The summed E-state index contributed by atoms with van der Waals surface area (Å²) in [6, 6.07) is 6.62. The van der Waals surface area contributed by atoms with E-state index in [-0.39, 0.29) is 12.8 Å². The number of benzene rings is 1. The molecule has 7 nitrogen and oxygen atoms in total. The Bertz CT molecular complexity index is 737. The highest BCUT2D eigenvalue weighted by atomic mass is 16.5. The van der Waals surface area contributed by atoms with Crippen LogP contribution in [0.1, 0.15) is 25.3 Å². The molecule has 0 aromatic heterocycles. The number of likely N-dealkylation sites (tertiary alicyclic amines) is 1. The normalized spacial score (nSPS) is 24.4. The van der Waals surface area contributed by atoms with Crippen LogP contribution < -0.4 is 4.74 Å². The monoisotopic (exact) mass is 317 g/mol. The molecular formula is C16H15NO6. The molecule has 1 N–H and O–H groups in total. The predicted molar refractivity (Wildman–Crippen MR) is 77.2 cm³/mol. The zero-order valence-corrected chi connectivity index (χ0v) is 12.7. The maximum absolute atomic E-state index is 12.5. The standard InChI is InChI=1S/C16H15NO6/c1-16(9-4-3-5-10(8-9)22-2)14(21)13(20)15(23-16)17-11(18)6-7-12(17)19/h3-5,8,20H,6-7H2,1-2H3. The molecule has 2 aliphatic rings. The van der Waals surface area contributed by atoms with Crippen molar-refractivity contribution in [3.63, 3.8) is 0 Å². The molecular weight excluding hydrogens is 302 g/mol. The molecule has 0 radical (unpaired) electrons. The number of ether oxygens (including phenoxy) is 2. The molecule has 3 rings (SSSR count). The van der Waals surface area contributed by atoms with Crippen LogP contribution in [0.3, 0.4) is 0 Å². The van der Waals surface area contributed by atoms with E-state index >= 15 is 0 Å². The van der Waals surface area contributed by atoms with Gasteiger partial charge in [-0.2, -0.15) is 0 Å². The molecule has 0 saturated carbocycles. The zero-order valence-electron chi connectivity index (χ0n) is 12.7. The topological polar surface area (TPSA) is 93.1 Å². The summed E-state index contributed by atoms with van der Waals surface area (Å²) in [6.07, 6.45) is 0.0616. The van der Waals surface area contributed by atoms with E-state index in [2.05, 4.69) is 0 Å². The first-order valence-electron chi connectivity index (χ1n) is 7.06. The molecule has 0 bridgehead atoms. The number of imide groups is 1. The maximum Gasteiger partial charge on any atom is 0.252 e. The van der Waals surface area contributed by atoms with Gasteiger partial charge in [0.25, 0.3) is 11.7 Å². The van der Waals surface area contributed by atoms with Crippen molar-refractivity contribution < 1.29 is 29.0 Å². The third-order valence-electron chi connectivity index (χ3n) is 4.03. The van der Waals surface area contributed by atoms with Crippen molar-refractivity contribution in [3.8, 4) is 5.75 Å². The van der Waals surface area contributed by atoms with E-state index in [0.29, 0.717) is 11.3 Å². The summed E-state index contributed by atoms with van der Waals surface area (Å²) >= 11 is 0. The number of methoxy groups -OCH3 is 1. The summed E-state index contributed by atoms with van der Waals surface area (Å²) in [7, 11) is 1.49. The van der Waals surface area contributed by atoms with Gasteiger partial charge in [-0.15, -0.1) is 0 Å². The number of Topliss-reactive ketones (excluding diaryl/α,β-unsaturated/α-hetero) is 1. The van der Waals surface area contributed by atoms with Gasteiger partial charge >= 0.3 is 0 Å². The van der Waals surface area contributed by atoms with Gasteiger partial charge in [0, 0.05) is 18.4 Å². The molecule has 23 heavy (non-hydrogen) atoms. The minimum atomic E-state index is -1.53. The van der Waals surface area contributed by atoms with Crippen LogP contribution in [-0.4, -0.2) is 34.7 Å². The number of carbonyl (C=O) groups excluding carboxylic acids is 3. The minimum Gasteiger partial charge on any atom is -0.501 e. The van der Waals surface area contributed by atoms with Crippen molar-refractivity contribution >= 4 is 17.6 Å². The van der Waals surface area contributed by atoms with Gasteiger partial charge in [0.1, 0.15) is 5.75 Å². The van der Waals surface area contributed by atoms with Crippen molar-refractivity contribution in [2.45, 2.75) is 25.4 Å². The molecule has 120 valence electrons. The lowest BCUT2D eigenvalue weighted by Crippen LogP contribution is -2.33. The van der Waals surface area contributed by atoms with Crippen molar-refractivity contribution in [3.05, 3.63) is 41.5 Å². The van der Waals surface area contributed by atoms with Crippen LogP contribution >= 0.6 is 0 Å². The van der Waals surface area contributed by atoms with Crippen LogP contribution in [0.15, 0.2) is 35.9 Å². The number of rotatable bonds is 3. The Balaban J connectivity index is 2.00. The third-order valence-corrected chi connectivity index (χ3v) is 4.03. The van der Waals surface area contributed by atoms with Crippen molar-refractivity contribution in [1.29, 1.82) is 0 Å². The van der Waals surface area contributed by atoms with E-state index in [1.165, 1.54) is 14.0 Å². The first-order valence-corrected chi connectivity index (χ1v) is 7.06. The lowest BCUT2D eigenvalue weighted by atomic mass is 9.91. The summed E-state index contributed by atoms with van der Waals surface area (Å²) < 4.78 is 10.7. The highest BCUT2D eigenvalue weighted by molar-refractivity contribution is 6.08. The van der Waals surface area contributed by atoms with Gasteiger partial charge in [0.15, 0.2) is 5.60 Å². The van der Waals surface area contributed by atoms with Gasteiger partial charge < -0.3 is 14.6 Å². The average Bonchev–Trinajstić information content (AvgIpc) is 3.00.